The molecule has 0 radical (unpaired) electrons. The van der Waals surface area contributed by atoms with Crippen molar-refractivity contribution in [1.29, 1.82) is 0 Å². The van der Waals surface area contributed by atoms with Gasteiger partial charge in [0.05, 0.1) is 44.8 Å². The van der Waals surface area contributed by atoms with Gasteiger partial charge in [0, 0.05) is 60.4 Å². The molecular formula is C62H39N5. The summed E-state index contributed by atoms with van der Waals surface area (Å²) in [4.78, 5) is 21.2. The van der Waals surface area contributed by atoms with E-state index in [2.05, 4.69) is 223 Å². The fourth-order valence-electron chi connectivity index (χ4n) is 9.73. The van der Waals surface area contributed by atoms with Crippen molar-refractivity contribution in [2.75, 3.05) is 0 Å². The predicted molar refractivity (Wildman–Crippen MR) is 277 cm³/mol. The molecule has 0 aliphatic rings. The monoisotopic (exact) mass is 853 g/mol. The Kier molecular flexibility index (Phi) is 9.10. The van der Waals surface area contributed by atoms with Crippen LogP contribution in [0.15, 0.2) is 237 Å². The highest BCUT2D eigenvalue weighted by Crippen LogP contribution is 2.40. The molecule has 0 bridgehead atoms. The zero-order chi connectivity index (χ0) is 44.3. The van der Waals surface area contributed by atoms with E-state index in [1.165, 1.54) is 10.8 Å². The second-order valence-electron chi connectivity index (χ2n) is 17.0. The average Bonchev–Trinajstić information content (AvgIpc) is 3.75. The van der Waals surface area contributed by atoms with E-state index in [0.717, 1.165) is 111 Å². The van der Waals surface area contributed by atoms with Gasteiger partial charge in [0.15, 0.2) is 5.82 Å². The number of nitrogens with zero attached hydrogens (tertiary/aromatic N) is 5. The van der Waals surface area contributed by atoms with Gasteiger partial charge in [-0.2, -0.15) is 0 Å². The zero-order valence-corrected chi connectivity index (χ0v) is 36.3. The number of aromatic nitrogens is 5. The molecule has 0 atom stereocenters. The molecular weight excluding hydrogens is 815 g/mol. The lowest BCUT2D eigenvalue weighted by atomic mass is 9.94. The van der Waals surface area contributed by atoms with Crippen molar-refractivity contribution in [2.45, 2.75) is 0 Å². The molecule has 0 unspecified atom stereocenters. The van der Waals surface area contributed by atoms with Crippen molar-refractivity contribution in [3.05, 3.63) is 237 Å². The van der Waals surface area contributed by atoms with Gasteiger partial charge in [-0.25, -0.2) is 19.9 Å². The average molecular weight is 854 g/mol. The van der Waals surface area contributed by atoms with Gasteiger partial charge in [-0.1, -0.05) is 188 Å². The second kappa shape index (κ2) is 15.9. The number of para-hydroxylation sites is 2. The first-order valence-corrected chi connectivity index (χ1v) is 22.6. The molecule has 0 aliphatic carbocycles. The maximum absolute atomic E-state index is 5.37. The largest absolute Gasteiger partial charge is 0.309 e. The van der Waals surface area contributed by atoms with Crippen molar-refractivity contribution >= 4 is 54.4 Å². The molecule has 67 heavy (non-hydrogen) atoms. The number of rotatable bonds is 7. The summed E-state index contributed by atoms with van der Waals surface area (Å²) in [7, 11) is 0. The molecule has 0 N–H and O–H groups in total. The number of hydrogen-bond donors (Lipinski definition) is 0. The van der Waals surface area contributed by atoms with Crippen molar-refractivity contribution < 1.29 is 0 Å². The first-order chi connectivity index (χ1) is 33.2. The van der Waals surface area contributed by atoms with Gasteiger partial charge >= 0.3 is 0 Å². The third-order valence-corrected chi connectivity index (χ3v) is 13.0. The molecule has 0 saturated heterocycles. The van der Waals surface area contributed by atoms with Crippen LogP contribution in [-0.2, 0) is 0 Å². The quantitative estimate of drug-likeness (QED) is 0.150. The molecule has 312 valence electrons. The summed E-state index contributed by atoms with van der Waals surface area (Å²) < 4.78 is 2.34. The van der Waals surface area contributed by atoms with E-state index in [1.807, 2.05) is 18.2 Å². The van der Waals surface area contributed by atoms with Crippen LogP contribution in [0.2, 0.25) is 0 Å². The van der Waals surface area contributed by atoms with Gasteiger partial charge in [-0.3, -0.25) is 0 Å². The van der Waals surface area contributed by atoms with Crippen LogP contribution < -0.4 is 0 Å². The highest BCUT2D eigenvalue weighted by Gasteiger charge is 2.18. The molecule has 5 nitrogen and oxygen atoms in total. The lowest BCUT2D eigenvalue weighted by Crippen LogP contribution is -1.98. The Hall–Kier alpha value is -9.06. The van der Waals surface area contributed by atoms with Gasteiger partial charge in [0.2, 0.25) is 0 Å². The molecule has 9 aromatic carbocycles. The summed E-state index contributed by atoms with van der Waals surface area (Å²) in [5.41, 5.74) is 16.2. The van der Waals surface area contributed by atoms with E-state index in [9.17, 15) is 0 Å². The van der Waals surface area contributed by atoms with Crippen LogP contribution in [0.4, 0.5) is 0 Å². The number of pyridine rings is 2. The van der Waals surface area contributed by atoms with Gasteiger partial charge in [0.25, 0.3) is 0 Å². The van der Waals surface area contributed by atoms with E-state index in [0.29, 0.717) is 5.82 Å². The summed E-state index contributed by atoms with van der Waals surface area (Å²) in [6, 6.07) is 83.1. The van der Waals surface area contributed by atoms with Crippen LogP contribution in [0.3, 0.4) is 0 Å². The summed E-state index contributed by atoms with van der Waals surface area (Å²) >= 11 is 0. The number of hydrogen-bond acceptors (Lipinski definition) is 4. The van der Waals surface area contributed by atoms with Crippen molar-refractivity contribution in [3.8, 4) is 73.2 Å². The summed E-state index contributed by atoms with van der Waals surface area (Å²) in [6.45, 7) is 0. The van der Waals surface area contributed by atoms with Crippen LogP contribution in [0.25, 0.3) is 128 Å². The Bertz CT molecular complexity index is 3960. The van der Waals surface area contributed by atoms with Crippen LogP contribution in [0.1, 0.15) is 0 Å². The molecule has 4 aromatic heterocycles. The molecule has 13 aromatic rings. The first-order valence-electron chi connectivity index (χ1n) is 22.6. The Morgan fingerprint density at radius 2 is 0.851 bits per heavy atom. The summed E-state index contributed by atoms with van der Waals surface area (Å²) in [6.07, 6.45) is 0. The number of fused-ring (bicyclic) bond motifs is 8. The van der Waals surface area contributed by atoms with E-state index in [4.69, 9.17) is 19.9 Å². The second-order valence-corrected chi connectivity index (χ2v) is 17.0. The predicted octanol–water partition coefficient (Wildman–Crippen LogP) is 15.8. The third-order valence-electron chi connectivity index (χ3n) is 13.0. The SMILES string of the molecule is c1ccc(-c2cc(-c3ccc(-c4ccc5nc(-c6ccccc6)c6c(ccc7ccc(-c8ccccc8)nc76)c5c4)cc3)nc(-c3cccc(-n4c5ccccc5c5ccccc54)c3)n2)cc1. The highest BCUT2D eigenvalue weighted by molar-refractivity contribution is 6.20. The van der Waals surface area contributed by atoms with Gasteiger partial charge in [-0.15, -0.1) is 0 Å². The smallest absolute Gasteiger partial charge is 0.160 e. The maximum atomic E-state index is 5.37. The molecule has 0 saturated carbocycles. The van der Waals surface area contributed by atoms with Crippen molar-refractivity contribution in [2.24, 2.45) is 0 Å². The third kappa shape index (κ3) is 6.72. The topological polar surface area (TPSA) is 56.5 Å². The van der Waals surface area contributed by atoms with Crippen molar-refractivity contribution in [1.82, 2.24) is 24.5 Å². The molecule has 0 spiro atoms. The Labute approximate surface area is 387 Å². The van der Waals surface area contributed by atoms with Gasteiger partial charge in [-0.05, 0) is 65.0 Å². The Morgan fingerprint density at radius 3 is 1.54 bits per heavy atom. The number of benzene rings is 9. The lowest BCUT2D eigenvalue weighted by molar-refractivity contribution is 1.16. The minimum atomic E-state index is 0.671. The minimum absolute atomic E-state index is 0.671. The minimum Gasteiger partial charge on any atom is -0.309 e. The van der Waals surface area contributed by atoms with Gasteiger partial charge < -0.3 is 4.57 Å². The lowest BCUT2D eigenvalue weighted by Gasteiger charge is -2.14. The summed E-state index contributed by atoms with van der Waals surface area (Å²) in [5, 5.41) is 6.79. The fraction of sp³-hybridized carbons (Fsp3) is 0. The maximum Gasteiger partial charge on any atom is 0.160 e. The molecule has 4 heterocycles. The Morgan fingerprint density at radius 1 is 0.299 bits per heavy atom. The first kappa shape index (κ1) is 38.4. The van der Waals surface area contributed by atoms with E-state index in [-0.39, 0.29) is 0 Å². The molecule has 13 rings (SSSR count). The van der Waals surface area contributed by atoms with Crippen LogP contribution in [0, 0.1) is 0 Å². The van der Waals surface area contributed by atoms with E-state index >= 15 is 0 Å². The normalized spacial score (nSPS) is 11.6. The zero-order valence-electron chi connectivity index (χ0n) is 36.3. The highest BCUT2D eigenvalue weighted by atomic mass is 15.0. The standard InChI is InChI=1S/C62H39N5/c1-4-15-41(16-5-1)53-35-32-45-31-34-51-52-38-46(33-36-54(52)64-60(59(51)61(45)63-53)44-19-8-3-9-20-44)40-27-29-43(30-28-40)56-39-55(42-17-6-2-7-18-42)65-62(66-56)47-21-14-22-48(37-47)67-57-25-12-10-23-49(57)50-24-11-13-26-58(50)67/h1-39H. The molecule has 0 aliphatic heterocycles. The Balaban J connectivity index is 0.916. The fourth-order valence-corrected chi connectivity index (χ4v) is 9.73. The van der Waals surface area contributed by atoms with Crippen LogP contribution >= 0.6 is 0 Å². The van der Waals surface area contributed by atoms with Crippen molar-refractivity contribution in [3.63, 3.8) is 0 Å². The molecule has 0 fully saturated rings. The van der Waals surface area contributed by atoms with Crippen LogP contribution in [0.5, 0.6) is 0 Å². The van der Waals surface area contributed by atoms with E-state index < -0.39 is 0 Å². The molecule has 0 amide bonds. The van der Waals surface area contributed by atoms with E-state index in [1.54, 1.807) is 0 Å². The van der Waals surface area contributed by atoms with Gasteiger partial charge in [0.1, 0.15) is 0 Å². The summed E-state index contributed by atoms with van der Waals surface area (Å²) in [5.74, 6) is 0.671. The van der Waals surface area contributed by atoms with Crippen LogP contribution in [-0.4, -0.2) is 24.5 Å². The molecule has 5 heteroatoms.